The average Bonchev–Trinajstić information content (AvgIpc) is 3.29. The number of carbonyl (C=O) groups is 1. The lowest BCUT2D eigenvalue weighted by Gasteiger charge is -2.33. The van der Waals surface area contributed by atoms with Gasteiger partial charge in [-0.1, -0.05) is 17.4 Å². The highest BCUT2D eigenvalue weighted by atomic mass is 32.1. The highest BCUT2D eigenvalue weighted by Crippen LogP contribution is 2.32. The molecule has 0 bridgehead atoms. The Kier molecular flexibility index (Phi) is 4.82. The van der Waals surface area contributed by atoms with Crippen molar-refractivity contribution >= 4 is 32.6 Å². The predicted octanol–water partition coefficient (Wildman–Crippen LogP) is 3.16. The van der Waals surface area contributed by atoms with Crippen molar-refractivity contribution in [2.24, 2.45) is 13.0 Å². The molecule has 0 aliphatic carbocycles. The zero-order valence-electron chi connectivity index (χ0n) is 15.4. The molecule has 0 radical (unpaired) electrons. The molecule has 1 amide bonds. The molecule has 0 unspecified atom stereocenters. The number of piperidine rings is 1. The number of hydrogen-bond acceptors (Lipinski definition) is 5. The number of para-hydroxylation sites is 1. The smallest absolute Gasteiger partial charge is 0.256 e. The summed E-state index contributed by atoms with van der Waals surface area (Å²) in [6, 6.07) is 5.08. The van der Waals surface area contributed by atoms with Crippen LogP contribution in [0.4, 0.5) is 9.52 Å². The SMILES string of the molecule is CN(CC1CCN(c2nc3c(F)cccc3s2)CC1)C(=O)c1cnn(C)c1. The summed E-state index contributed by atoms with van der Waals surface area (Å²) in [7, 11) is 3.65. The van der Waals surface area contributed by atoms with E-state index in [-0.39, 0.29) is 11.7 Å². The number of hydrogen-bond donors (Lipinski definition) is 0. The molecule has 27 heavy (non-hydrogen) atoms. The molecule has 8 heteroatoms. The van der Waals surface area contributed by atoms with Gasteiger partial charge in [-0.15, -0.1) is 0 Å². The van der Waals surface area contributed by atoms with Gasteiger partial charge in [0.25, 0.3) is 5.91 Å². The van der Waals surface area contributed by atoms with E-state index in [1.54, 1.807) is 35.1 Å². The van der Waals surface area contributed by atoms with Gasteiger partial charge in [-0.05, 0) is 30.9 Å². The lowest BCUT2D eigenvalue weighted by Crippen LogP contribution is -2.39. The molecule has 1 aliphatic rings. The van der Waals surface area contributed by atoms with E-state index in [1.807, 2.05) is 13.1 Å². The summed E-state index contributed by atoms with van der Waals surface area (Å²) < 4.78 is 16.4. The molecule has 142 valence electrons. The third-order valence-electron chi connectivity index (χ3n) is 5.07. The van der Waals surface area contributed by atoms with Crippen LogP contribution in [0.25, 0.3) is 10.2 Å². The molecule has 4 rings (SSSR count). The lowest BCUT2D eigenvalue weighted by molar-refractivity contribution is 0.0765. The molecule has 6 nitrogen and oxygen atoms in total. The Morgan fingerprint density at radius 2 is 2.15 bits per heavy atom. The van der Waals surface area contributed by atoms with Gasteiger partial charge < -0.3 is 9.80 Å². The summed E-state index contributed by atoms with van der Waals surface area (Å²) in [5.74, 6) is 0.200. The number of carbonyl (C=O) groups excluding carboxylic acids is 1. The number of fused-ring (bicyclic) bond motifs is 1. The van der Waals surface area contributed by atoms with E-state index in [1.165, 1.54) is 17.4 Å². The number of anilines is 1. The number of aromatic nitrogens is 3. The van der Waals surface area contributed by atoms with Crippen LogP contribution >= 0.6 is 11.3 Å². The van der Waals surface area contributed by atoms with Crippen molar-refractivity contribution in [2.75, 3.05) is 31.6 Å². The Hall–Kier alpha value is -2.48. The van der Waals surface area contributed by atoms with Crippen LogP contribution in [0.2, 0.25) is 0 Å². The van der Waals surface area contributed by atoms with Crippen molar-refractivity contribution in [2.45, 2.75) is 12.8 Å². The maximum absolute atomic E-state index is 13.9. The van der Waals surface area contributed by atoms with E-state index < -0.39 is 0 Å². The number of amides is 1. The van der Waals surface area contributed by atoms with Crippen molar-refractivity contribution < 1.29 is 9.18 Å². The summed E-state index contributed by atoms with van der Waals surface area (Å²) >= 11 is 1.54. The number of thiazole rings is 1. The zero-order valence-corrected chi connectivity index (χ0v) is 16.2. The van der Waals surface area contributed by atoms with Crippen LogP contribution in [-0.4, -0.2) is 52.3 Å². The molecule has 3 heterocycles. The fourth-order valence-corrected chi connectivity index (χ4v) is 4.60. The summed E-state index contributed by atoms with van der Waals surface area (Å²) in [6.07, 6.45) is 5.33. The predicted molar refractivity (Wildman–Crippen MR) is 105 cm³/mol. The number of rotatable bonds is 4. The van der Waals surface area contributed by atoms with Gasteiger partial charge in [-0.3, -0.25) is 9.48 Å². The molecular formula is C19H22FN5OS. The first-order chi connectivity index (χ1) is 13.0. The van der Waals surface area contributed by atoms with Crippen LogP contribution in [0.3, 0.4) is 0 Å². The van der Waals surface area contributed by atoms with E-state index in [0.29, 0.717) is 17.0 Å². The third-order valence-corrected chi connectivity index (χ3v) is 6.16. The van der Waals surface area contributed by atoms with Gasteiger partial charge in [-0.2, -0.15) is 5.10 Å². The number of benzene rings is 1. The molecular weight excluding hydrogens is 365 g/mol. The van der Waals surface area contributed by atoms with Crippen LogP contribution in [-0.2, 0) is 7.05 Å². The maximum atomic E-state index is 13.9. The first-order valence-electron chi connectivity index (χ1n) is 9.05. The van der Waals surface area contributed by atoms with Gasteiger partial charge in [0.2, 0.25) is 0 Å². The second kappa shape index (κ2) is 7.26. The molecule has 1 saturated heterocycles. The summed E-state index contributed by atoms with van der Waals surface area (Å²) in [5.41, 5.74) is 1.08. The van der Waals surface area contributed by atoms with Crippen LogP contribution in [0.15, 0.2) is 30.6 Å². The second-order valence-electron chi connectivity index (χ2n) is 7.10. The Morgan fingerprint density at radius 1 is 1.37 bits per heavy atom. The van der Waals surface area contributed by atoms with Crippen molar-refractivity contribution in [3.8, 4) is 0 Å². The van der Waals surface area contributed by atoms with Crippen LogP contribution in [0, 0.1) is 11.7 Å². The van der Waals surface area contributed by atoms with Crippen molar-refractivity contribution in [3.05, 3.63) is 42.0 Å². The fourth-order valence-electron chi connectivity index (χ4n) is 3.57. The molecule has 0 spiro atoms. The number of aryl methyl sites for hydroxylation is 1. The first-order valence-corrected chi connectivity index (χ1v) is 9.87. The van der Waals surface area contributed by atoms with E-state index in [0.717, 1.165) is 42.3 Å². The van der Waals surface area contributed by atoms with Crippen LogP contribution in [0.1, 0.15) is 23.2 Å². The second-order valence-corrected chi connectivity index (χ2v) is 8.11. The van der Waals surface area contributed by atoms with Gasteiger partial charge in [0.1, 0.15) is 11.3 Å². The molecule has 1 fully saturated rings. The fraction of sp³-hybridized carbons (Fsp3) is 0.421. The largest absolute Gasteiger partial charge is 0.348 e. The minimum Gasteiger partial charge on any atom is -0.348 e. The minimum atomic E-state index is -0.263. The van der Waals surface area contributed by atoms with E-state index in [4.69, 9.17) is 0 Å². The maximum Gasteiger partial charge on any atom is 0.256 e. The Bertz CT molecular complexity index is 960. The number of halogens is 1. The first kappa shape index (κ1) is 17.9. The Morgan fingerprint density at radius 3 is 2.81 bits per heavy atom. The van der Waals surface area contributed by atoms with Crippen molar-refractivity contribution in [1.29, 1.82) is 0 Å². The molecule has 0 atom stereocenters. The zero-order chi connectivity index (χ0) is 19.0. The lowest BCUT2D eigenvalue weighted by atomic mass is 9.96. The standard InChI is InChI=1S/C19H22FN5OS/c1-23(18(26)14-10-21-24(2)12-14)11-13-6-8-25(9-7-13)19-22-17-15(20)4-3-5-16(17)27-19/h3-5,10,12-13H,6-9,11H2,1-2H3. The topological polar surface area (TPSA) is 54.3 Å². The highest BCUT2D eigenvalue weighted by molar-refractivity contribution is 7.22. The molecule has 1 aromatic carbocycles. The van der Waals surface area contributed by atoms with Gasteiger partial charge in [-0.25, -0.2) is 9.37 Å². The minimum absolute atomic E-state index is 0.00665. The van der Waals surface area contributed by atoms with E-state index >= 15 is 0 Å². The number of nitrogens with zero attached hydrogens (tertiary/aromatic N) is 5. The Balaban J connectivity index is 1.35. The molecule has 0 saturated carbocycles. The average molecular weight is 387 g/mol. The van der Waals surface area contributed by atoms with Crippen LogP contribution < -0.4 is 4.90 Å². The van der Waals surface area contributed by atoms with E-state index in [9.17, 15) is 9.18 Å². The summed E-state index contributed by atoms with van der Waals surface area (Å²) in [4.78, 5) is 21.0. The molecule has 1 aliphatic heterocycles. The van der Waals surface area contributed by atoms with Gasteiger partial charge in [0.15, 0.2) is 5.13 Å². The quantitative estimate of drug-likeness (QED) is 0.690. The van der Waals surface area contributed by atoms with Crippen molar-refractivity contribution in [3.63, 3.8) is 0 Å². The van der Waals surface area contributed by atoms with Crippen LogP contribution in [0.5, 0.6) is 0 Å². The monoisotopic (exact) mass is 387 g/mol. The summed E-state index contributed by atoms with van der Waals surface area (Å²) in [6.45, 7) is 2.48. The Labute approximate surface area is 161 Å². The summed E-state index contributed by atoms with van der Waals surface area (Å²) in [5, 5.41) is 4.95. The normalized spacial score (nSPS) is 15.4. The third kappa shape index (κ3) is 3.66. The molecule has 0 N–H and O–H groups in total. The highest BCUT2D eigenvalue weighted by Gasteiger charge is 2.25. The molecule has 2 aromatic heterocycles. The van der Waals surface area contributed by atoms with Gasteiger partial charge in [0.05, 0.1) is 16.5 Å². The van der Waals surface area contributed by atoms with Gasteiger partial charge in [0, 0.05) is 39.9 Å². The van der Waals surface area contributed by atoms with E-state index in [2.05, 4.69) is 15.0 Å². The van der Waals surface area contributed by atoms with Gasteiger partial charge >= 0.3 is 0 Å². The van der Waals surface area contributed by atoms with Crippen molar-refractivity contribution in [1.82, 2.24) is 19.7 Å². The molecule has 3 aromatic rings.